The zero-order chi connectivity index (χ0) is 14.5. The molecule has 0 amide bonds. The van der Waals surface area contributed by atoms with Gasteiger partial charge in [0.1, 0.15) is 11.8 Å². The van der Waals surface area contributed by atoms with Crippen molar-refractivity contribution >= 4 is 11.6 Å². The molecule has 3 rings (SSSR count). The first kappa shape index (κ1) is 14.3. The van der Waals surface area contributed by atoms with Crippen LogP contribution < -0.4 is 0 Å². The van der Waals surface area contributed by atoms with Gasteiger partial charge in [-0.25, -0.2) is 9.97 Å². The second-order valence-electron chi connectivity index (χ2n) is 7.16. The van der Waals surface area contributed by atoms with Gasteiger partial charge in [0.05, 0.1) is 6.10 Å². The van der Waals surface area contributed by atoms with Gasteiger partial charge in [-0.3, -0.25) is 0 Å². The molecule has 0 saturated heterocycles. The molecule has 3 atom stereocenters. The van der Waals surface area contributed by atoms with E-state index in [1.54, 1.807) is 6.07 Å². The highest BCUT2D eigenvalue weighted by Crippen LogP contribution is 2.66. The summed E-state index contributed by atoms with van der Waals surface area (Å²) >= 11 is 5.97. The molecule has 2 bridgehead atoms. The second-order valence-corrected chi connectivity index (χ2v) is 7.55. The molecule has 2 saturated carbocycles. The normalized spacial score (nSPS) is 34.6. The van der Waals surface area contributed by atoms with Gasteiger partial charge in [0, 0.05) is 5.69 Å². The van der Waals surface area contributed by atoms with Crippen LogP contribution in [0.15, 0.2) is 6.07 Å². The van der Waals surface area contributed by atoms with E-state index in [4.69, 9.17) is 16.3 Å². The number of aromatic nitrogens is 2. The van der Waals surface area contributed by atoms with E-state index in [1.165, 1.54) is 19.3 Å². The van der Waals surface area contributed by atoms with E-state index in [1.807, 2.05) is 6.92 Å². The lowest BCUT2D eigenvalue weighted by molar-refractivity contribution is -0.0571. The molecule has 0 aliphatic heterocycles. The van der Waals surface area contributed by atoms with Gasteiger partial charge in [0.25, 0.3) is 0 Å². The summed E-state index contributed by atoms with van der Waals surface area (Å²) in [5, 5.41) is 0.496. The highest BCUT2D eigenvalue weighted by Gasteiger charge is 2.61. The summed E-state index contributed by atoms with van der Waals surface area (Å²) in [5.41, 5.74) is 1.55. The van der Waals surface area contributed by atoms with Gasteiger partial charge in [-0.1, -0.05) is 32.4 Å². The molecule has 1 aromatic heterocycles. The molecule has 0 N–H and O–H groups in total. The Morgan fingerprint density at radius 1 is 1.35 bits per heavy atom. The van der Waals surface area contributed by atoms with Crippen LogP contribution in [-0.4, -0.2) is 16.1 Å². The van der Waals surface area contributed by atoms with E-state index in [2.05, 4.69) is 30.7 Å². The predicted octanol–water partition coefficient (Wildman–Crippen LogP) is 4.17. The first-order chi connectivity index (χ1) is 9.33. The van der Waals surface area contributed by atoms with Crippen LogP contribution in [0.1, 0.15) is 51.6 Å². The molecule has 2 aliphatic rings. The molecular formula is C16H23ClN2O. The number of rotatable bonds is 3. The Bertz CT molecular complexity index is 511. The summed E-state index contributed by atoms with van der Waals surface area (Å²) in [4.78, 5) is 8.64. The molecule has 3 unspecified atom stereocenters. The molecule has 3 nitrogen and oxygen atoms in total. The van der Waals surface area contributed by atoms with Crippen LogP contribution in [-0.2, 0) is 11.3 Å². The molecule has 0 spiro atoms. The van der Waals surface area contributed by atoms with E-state index >= 15 is 0 Å². The molecular weight excluding hydrogens is 272 g/mol. The smallest absolute Gasteiger partial charge is 0.155 e. The fourth-order valence-corrected chi connectivity index (χ4v) is 4.47. The summed E-state index contributed by atoms with van der Waals surface area (Å²) in [6, 6.07) is 1.77. The Hall–Kier alpha value is -0.670. The Balaban J connectivity index is 1.71. The van der Waals surface area contributed by atoms with Gasteiger partial charge in [0.15, 0.2) is 5.82 Å². The maximum atomic E-state index is 6.19. The Morgan fingerprint density at radius 3 is 2.65 bits per heavy atom. The van der Waals surface area contributed by atoms with Crippen LogP contribution in [0.5, 0.6) is 0 Å². The Kier molecular flexibility index (Phi) is 3.33. The molecule has 20 heavy (non-hydrogen) atoms. The van der Waals surface area contributed by atoms with Gasteiger partial charge in [-0.05, 0) is 49.0 Å². The van der Waals surface area contributed by atoms with Crippen molar-refractivity contribution in [1.29, 1.82) is 0 Å². The number of aryl methyl sites for hydroxylation is 1. The van der Waals surface area contributed by atoms with Crippen molar-refractivity contribution in [2.45, 2.75) is 59.7 Å². The fraction of sp³-hybridized carbons (Fsp3) is 0.750. The lowest BCUT2D eigenvalue weighted by Gasteiger charge is -2.38. The van der Waals surface area contributed by atoms with Crippen molar-refractivity contribution in [3.8, 4) is 0 Å². The number of hydrogen-bond donors (Lipinski definition) is 0. The maximum absolute atomic E-state index is 6.19. The summed E-state index contributed by atoms with van der Waals surface area (Å²) in [6.07, 6.45) is 4.10. The van der Waals surface area contributed by atoms with Crippen LogP contribution in [0, 0.1) is 23.7 Å². The van der Waals surface area contributed by atoms with Crippen molar-refractivity contribution < 1.29 is 4.74 Å². The van der Waals surface area contributed by atoms with Crippen molar-refractivity contribution in [3.05, 3.63) is 22.7 Å². The van der Waals surface area contributed by atoms with Crippen LogP contribution in [0.25, 0.3) is 0 Å². The number of hydrogen-bond acceptors (Lipinski definition) is 3. The average Bonchev–Trinajstić information content (AvgIpc) is 2.67. The van der Waals surface area contributed by atoms with Crippen LogP contribution in [0.2, 0.25) is 5.15 Å². The second kappa shape index (κ2) is 4.67. The molecule has 4 heteroatoms. The van der Waals surface area contributed by atoms with E-state index in [-0.39, 0.29) is 5.41 Å². The van der Waals surface area contributed by atoms with Crippen LogP contribution in [0.3, 0.4) is 0 Å². The minimum absolute atomic E-state index is 0.283. The van der Waals surface area contributed by atoms with Crippen molar-refractivity contribution in [1.82, 2.24) is 9.97 Å². The Morgan fingerprint density at radius 2 is 2.10 bits per heavy atom. The number of ether oxygens (including phenoxy) is 1. The molecule has 0 radical (unpaired) electrons. The number of halogens is 1. The van der Waals surface area contributed by atoms with Gasteiger partial charge < -0.3 is 4.74 Å². The predicted molar refractivity (Wildman–Crippen MR) is 79.6 cm³/mol. The molecule has 0 aromatic carbocycles. The lowest BCUT2D eigenvalue weighted by Crippen LogP contribution is -2.37. The van der Waals surface area contributed by atoms with E-state index in [0.29, 0.717) is 29.1 Å². The van der Waals surface area contributed by atoms with Crippen molar-refractivity contribution in [2.24, 2.45) is 16.7 Å². The summed E-state index contributed by atoms with van der Waals surface area (Å²) in [7, 11) is 0. The van der Waals surface area contributed by atoms with Gasteiger partial charge in [0.2, 0.25) is 0 Å². The third-order valence-electron chi connectivity index (χ3n) is 6.00. The highest BCUT2D eigenvalue weighted by atomic mass is 35.5. The van der Waals surface area contributed by atoms with Crippen molar-refractivity contribution in [2.75, 3.05) is 0 Å². The fourth-order valence-electron chi connectivity index (χ4n) is 4.21. The van der Waals surface area contributed by atoms with Crippen LogP contribution >= 0.6 is 11.6 Å². The van der Waals surface area contributed by atoms with Gasteiger partial charge in [-0.15, -0.1) is 0 Å². The molecule has 110 valence electrons. The van der Waals surface area contributed by atoms with E-state index in [9.17, 15) is 0 Å². The summed E-state index contributed by atoms with van der Waals surface area (Å²) in [6.45, 7) is 9.57. The minimum Gasteiger partial charge on any atom is -0.370 e. The molecule has 2 aliphatic carbocycles. The molecule has 1 heterocycles. The first-order valence-corrected chi connectivity index (χ1v) is 7.82. The zero-order valence-electron chi connectivity index (χ0n) is 12.7. The quantitative estimate of drug-likeness (QED) is 0.785. The third kappa shape index (κ3) is 2.06. The van der Waals surface area contributed by atoms with Gasteiger partial charge >= 0.3 is 0 Å². The number of nitrogens with zero attached hydrogens (tertiary/aromatic N) is 2. The topological polar surface area (TPSA) is 35.0 Å². The molecule has 1 aromatic rings. The largest absolute Gasteiger partial charge is 0.370 e. The van der Waals surface area contributed by atoms with E-state index < -0.39 is 0 Å². The summed E-state index contributed by atoms with van der Waals surface area (Å²) < 4.78 is 6.19. The Labute approximate surface area is 126 Å². The first-order valence-electron chi connectivity index (χ1n) is 7.44. The maximum Gasteiger partial charge on any atom is 0.155 e. The molecule has 2 fully saturated rings. The monoisotopic (exact) mass is 294 g/mol. The van der Waals surface area contributed by atoms with Crippen LogP contribution in [0.4, 0.5) is 0 Å². The zero-order valence-corrected chi connectivity index (χ0v) is 13.5. The standard InChI is InChI=1S/C16H23ClN2O/c1-10-7-13(17)19-14(18-10)9-20-12-8-11-5-6-16(12,4)15(11,2)3/h7,11-12H,5-6,8-9H2,1-4H3. The average molecular weight is 295 g/mol. The minimum atomic E-state index is 0.283. The van der Waals surface area contributed by atoms with Gasteiger partial charge in [-0.2, -0.15) is 0 Å². The van der Waals surface area contributed by atoms with E-state index in [0.717, 1.165) is 11.6 Å². The van der Waals surface area contributed by atoms with Crippen molar-refractivity contribution in [3.63, 3.8) is 0 Å². The summed E-state index contributed by atoms with van der Waals surface area (Å²) in [5.74, 6) is 1.48. The lowest BCUT2D eigenvalue weighted by atomic mass is 9.70. The third-order valence-corrected chi connectivity index (χ3v) is 6.19. The SMILES string of the molecule is Cc1cc(Cl)nc(COC2CC3CCC2(C)C3(C)C)n1. The number of fused-ring (bicyclic) bond motifs is 2. The highest BCUT2D eigenvalue weighted by molar-refractivity contribution is 6.29.